The lowest BCUT2D eigenvalue weighted by Gasteiger charge is -2.02. The molecule has 0 aliphatic rings. The topological polar surface area (TPSA) is 85.1 Å². The van der Waals surface area contributed by atoms with Gasteiger partial charge < -0.3 is 0 Å². The zero-order valence-corrected chi connectivity index (χ0v) is 11.8. The van der Waals surface area contributed by atoms with E-state index in [2.05, 4.69) is 26.1 Å². The number of tetrazole rings is 1. The summed E-state index contributed by atoms with van der Waals surface area (Å²) >= 11 is 0. The van der Waals surface area contributed by atoms with Crippen LogP contribution < -0.4 is 5.43 Å². The molecular weight excluding hydrogens is 299 g/mol. The zero-order chi connectivity index (χ0) is 16.1. The Labute approximate surface area is 130 Å². The Bertz CT molecular complexity index is 812. The number of carbonyl (C=O) groups excluding carboxylic acids is 1. The molecule has 1 amide bonds. The first-order chi connectivity index (χ1) is 11.2. The van der Waals surface area contributed by atoms with Crippen LogP contribution in [0.1, 0.15) is 15.9 Å². The molecule has 0 saturated carbocycles. The molecule has 114 valence electrons. The highest BCUT2D eigenvalue weighted by Gasteiger charge is 2.05. The van der Waals surface area contributed by atoms with E-state index >= 15 is 0 Å². The van der Waals surface area contributed by atoms with Crippen LogP contribution in [0.15, 0.2) is 60.0 Å². The van der Waals surface area contributed by atoms with Crippen LogP contribution in [-0.2, 0) is 0 Å². The van der Waals surface area contributed by atoms with Crippen molar-refractivity contribution in [1.29, 1.82) is 0 Å². The van der Waals surface area contributed by atoms with E-state index in [1.807, 2.05) is 0 Å². The standard InChI is InChI=1S/C15H11FN6O/c16-13-5-1-11(2-6-13)9-17-19-15(23)12-3-7-14(8-4-12)22-10-18-20-21-22/h1-10H,(H,19,23). The molecule has 0 atom stereocenters. The third-order valence-corrected chi connectivity index (χ3v) is 2.99. The molecule has 23 heavy (non-hydrogen) atoms. The number of hydrogen-bond donors (Lipinski definition) is 1. The maximum Gasteiger partial charge on any atom is 0.271 e. The van der Waals surface area contributed by atoms with Gasteiger partial charge in [-0.3, -0.25) is 4.79 Å². The fourth-order valence-electron chi connectivity index (χ4n) is 1.82. The number of benzene rings is 2. The molecule has 0 radical (unpaired) electrons. The van der Waals surface area contributed by atoms with Crippen LogP contribution in [-0.4, -0.2) is 32.3 Å². The van der Waals surface area contributed by atoms with Gasteiger partial charge in [0.05, 0.1) is 11.9 Å². The van der Waals surface area contributed by atoms with Gasteiger partial charge in [0, 0.05) is 5.56 Å². The van der Waals surface area contributed by atoms with Crippen LogP contribution in [0, 0.1) is 5.82 Å². The molecule has 1 heterocycles. The van der Waals surface area contributed by atoms with Crippen LogP contribution in [0.3, 0.4) is 0 Å². The monoisotopic (exact) mass is 310 g/mol. The Morgan fingerprint density at radius 1 is 1.13 bits per heavy atom. The largest absolute Gasteiger partial charge is 0.271 e. The second-order valence-electron chi connectivity index (χ2n) is 4.55. The maximum atomic E-state index is 12.8. The van der Waals surface area contributed by atoms with Gasteiger partial charge in [0.2, 0.25) is 0 Å². The molecule has 1 N–H and O–H groups in total. The van der Waals surface area contributed by atoms with Crippen molar-refractivity contribution in [2.45, 2.75) is 0 Å². The molecule has 8 heteroatoms. The Morgan fingerprint density at radius 3 is 2.52 bits per heavy atom. The maximum absolute atomic E-state index is 12.8. The number of rotatable bonds is 4. The third-order valence-electron chi connectivity index (χ3n) is 2.99. The van der Waals surface area contributed by atoms with E-state index in [1.54, 1.807) is 36.4 Å². The summed E-state index contributed by atoms with van der Waals surface area (Å²) in [5.74, 6) is -0.680. The molecule has 3 aromatic rings. The van der Waals surface area contributed by atoms with Crippen LogP contribution in [0.2, 0.25) is 0 Å². The normalized spacial score (nSPS) is 10.8. The van der Waals surface area contributed by atoms with Crippen molar-refractivity contribution in [1.82, 2.24) is 25.6 Å². The van der Waals surface area contributed by atoms with Crippen molar-refractivity contribution in [3.05, 3.63) is 71.8 Å². The van der Waals surface area contributed by atoms with E-state index in [4.69, 9.17) is 0 Å². The fraction of sp³-hybridized carbons (Fsp3) is 0. The van der Waals surface area contributed by atoms with Gasteiger partial charge in [-0.1, -0.05) is 12.1 Å². The second kappa shape index (κ2) is 6.56. The smallest absolute Gasteiger partial charge is 0.267 e. The minimum Gasteiger partial charge on any atom is -0.267 e. The summed E-state index contributed by atoms with van der Waals surface area (Å²) in [6.45, 7) is 0. The Kier molecular flexibility index (Phi) is 4.14. The van der Waals surface area contributed by atoms with Crippen molar-refractivity contribution in [3.8, 4) is 5.69 Å². The second-order valence-corrected chi connectivity index (χ2v) is 4.55. The summed E-state index contributed by atoms with van der Waals surface area (Å²) in [5.41, 5.74) is 4.27. The van der Waals surface area contributed by atoms with Crippen molar-refractivity contribution < 1.29 is 9.18 Å². The highest BCUT2D eigenvalue weighted by Crippen LogP contribution is 2.07. The highest BCUT2D eigenvalue weighted by atomic mass is 19.1. The molecule has 0 aliphatic carbocycles. The number of aromatic nitrogens is 4. The number of hydrogen-bond acceptors (Lipinski definition) is 5. The van der Waals surface area contributed by atoms with Gasteiger partial charge in [-0.2, -0.15) is 5.10 Å². The molecule has 0 aliphatic heterocycles. The van der Waals surface area contributed by atoms with E-state index in [0.29, 0.717) is 11.1 Å². The van der Waals surface area contributed by atoms with Gasteiger partial charge in [0.25, 0.3) is 5.91 Å². The summed E-state index contributed by atoms with van der Waals surface area (Å²) in [7, 11) is 0. The van der Waals surface area contributed by atoms with Crippen LogP contribution in [0.4, 0.5) is 4.39 Å². The number of nitrogens with one attached hydrogen (secondary N) is 1. The molecule has 7 nitrogen and oxygen atoms in total. The van der Waals surface area contributed by atoms with Gasteiger partial charge in [-0.25, -0.2) is 14.5 Å². The minimum absolute atomic E-state index is 0.325. The highest BCUT2D eigenvalue weighted by molar-refractivity contribution is 5.95. The number of carbonyl (C=O) groups is 1. The average molecular weight is 310 g/mol. The minimum atomic E-state index is -0.355. The van der Waals surface area contributed by atoms with Crippen LogP contribution >= 0.6 is 0 Å². The number of amides is 1. The summed E-state index contributed by atoms with van der Waals surface area (Å²) in [6, 6.07) is 12.5. The van der Waals surface area contributed by atoms with Crippen molar-refractivity contribution >= 4 is 12.1 Å². The quantitative estimate of drug-likeness (QED) is 0.585. The average Bonchev–Trinajstić information content (AvgIpc) is 3.11. The molecular formula is C15H11FN6O. The van der Waals surface area contributed by atoms with Crippen molar-refractivity contribution in [3.63, 3.8) is 0 Å². The molecule has 0 fully saturated rings. The van der Waals surface area contributed by atoms with E-state index in [9.17, 15) is 9.18 Å². The van der Waals surface area contributed by atoms with Crippen LogP contribution in [0.25, 0.3) is 5.69 Å². The summed E-state index contributed by atoms with van der Waals surface area (Å²) in [6.07, 6.45) is 2.90. The lowest BCUT2D eigenvalue weighted by atomic mass is 10.2. The SMILES string of the molecule is O=C(NN=Cc1ccc(F)cc1)c1ccc(-n2cnnn2)cc1. The first kappa shape index (κ1) is 14.5. The predicted octanol–water partition coefficient (Wildman–Crippen LogP) is 1.57. The number of halogens is 1. The van der Waals surface area contributed by atoms with Crippen molar-refractivity contribution in [2.24, 2.45) is 5.10 Å². The van der Waals surface area contributed by atoms with E-state index in [0.717, 1.165) is 5.69 Å². The van der Waals surface area contributed by atoms with Crippen molar-refractivity contribution in [2.75, 3.05) is 0 Å². The molecule has 0 unspecified atom stereocenters. The fourth-order valence-corrected chi connectivity index (χ4v) is 1.82. The summed E-state index contributed by atoms with van der Waals surface area (Å²) < 4.78 is 14.2. The number of nitrogens with zero attached hydrogens (tertiary/aromatic N) is 5. The molecule has 0 saturated heterocycles. The lowest BCUT2D eigenvalue weighted by molar-refractivity contribution is 0.0955. The number of hydrazone groups is 1. The van der Waals surface area contributed by atoms with E-state index in [-0.39, 0.29) is 11.7 Å². The van der Waals surface area contributed by atoms with E-state index < -0.39 is 0 Å². The summed E-state index contributed by atoms with van der Waals surface area (Å²) in [4.78, 5) is 12.0. The molecule has 0 spiro atoms. The van der Waals surface area contributed by atoms with Crippen LogP contribution in [0.5, 0.6) is 0 Å². The lowest BCUT2D eigenvalue weighted by Crippen LogP contribution is -2.17. The summed E-state index contributed by atoms with van der Waals surface area (Å²) in [5, 5.41) is 14.7. The van der Waals surface area contributed by atoms with Gasteiger partial charge in [-0.05, 0) is 52.4 Å². The first-order valence-corrected chi connectivity index (χ1v) is 6.65. The van der Waals surface area contributed by atoms with E-state index in [1.165, 1.54) is 29.4 Å². The predicted molar refractivity (Wildman–Crippen MR) is 80.6 cm³/mol. The Hall–Kier alpha value is -3.42. The zero-order valence-electron chi connectivity index (χ0n) is 11.8. The van der Waals surface area contributed by atoms with Gasteiger partial charge in [0.1, 0.15) is 12.1 Å². The third kappa shape index (κ3) is 3.62. The first-order valence-electron chi connectivity index (χ1n) is 6.65. The Balaban J connectivity index is 1.63. The molecule has 1 aromatic heterocycles. The van der Waals surface area contributed by atoms with Gasteiger partial charge in [-0.15, -0.1) is 5.10 Å². The van der Waals surface area contributed by atoms with Gasteiger partial charge in [0.15, 0.2) is 0 Å². The van der Waals surface area contributed by atoms with Gasteiger partial charge >= 0.3 is 0 Å². The Morgan fingerprint density at radius 2 is 1.87 bits per heavy atom. The molecule has 0 bridgehead atoms. The molecule has 3 rings (SSSR count). The molecule has 2 aromatic carbocycles.